The monoisotopic (exact) mass is 325 g/mol. The van der Waals surface area contributed by atoms with E-state index in [2.05, 4.69) is 9.46 Å². The molecule has 1 saturated carbocycles. The lowest BCUT2D eigenvalue weighted by Gasteiger charge is -2.16. The molecule has 0 spiro atoms. The Balaban J connectivity index is 1.97. The highest BCUT2D eigenvalue weighted by Gasteiger charge is 2.19. The number of nitrogens with one attached hydrogen (secondary N) is 1. The van der Waals surface area contributed by atoms with E-state index in [1.807, 2.05) is 0 Å². The predicted octanol–water partition coefficient (Wildman–Crippen LogP) is 2.62. The molecule has 1 fully saturated rings. The molecule has 2 rings (SSSR count). The summed E-state index contributed by atoms with van der Waals surface area (Å²) in [5.41, 5.74) is 1.08. The molecule has 1 aromatic rings. The molecule has 0 saturated heterocycles. The molecule has 0 heterocycles. The first kappa shape index (κ1) is 17.0. The van der Waals surface area contributed by atoms with Gasteiger partial charge in [-0.05, 0) is 30.5 Å². The van der Waals surface area contributed by atoms with Crippen LogP contribution >= 0.6 is 0 Å². The van der Waals surface area contributed by atoms with Crippen LogP contribution in [0.25, 0.3) is 0 Å². The van der Waals surface area contributed by atoms with E-state index in [9.17, 15) is 13.2 Å². The second kappa shape index (κ2) is 7.74. The molecule has 5 nitrogen and oxygen atoms in total. The number of hydrogen-bond acceptors (Lipinski definition) is 4. The molecule has 1 aliphatic carbocycles. The molecule has 0 amide bonds. The molecule has 122 valence electrons. The lowest BCUT2D eigenvalue weighted by Crippen LogP contribution is -2.35. The highest BCUT2D eigenvalue weighted by atomic mass is 32.2. The number of methoxy groups -OCH3 is 1. The summed E-state index contributed by atoms with van der Waals surface area (Å²) >= 11 is 0. The van der Waals surface area contributed by atoms with Gasteiger partial charge in [0.05, 0.1) is 18.4 Å². The number of ether oxygens (including phenoxy) is 1. The van der Waals surface area contributed by atoms with Crippen molar-refractivity contribution in [2.24, 2.45) is 0 Å². The van der Waals surface area contributed by atoms with Crippen molar-refractivity contribution >= 4 is 16.0 Å². The van der Waals surface area contributed by atoms with E-state index in [0.29, 0.717) is 11.1 Å². The first-order valence-electron chi connectivity index (χ1n) is 7.67. The lowest BCUT2D eigenvalue weighted by molar-refractivity contribution is 0.0600. The summed E-state index contributed by atoms with van der Waals surface area (Å²) in [6.45, 7) is 0. The molecule has 22 heavy (non-hydrogen) atoms. The van der Waals surface area contributed by atoms with E-state index in [4.69, 9.17) is 0 Å². The normalized spacial score (nSPS) is 17.0. The van der Waals surface area contributed by atoms with Crippen LogP contribution in [0.2, 0.25) is 0 Å². The zero-order valence-corrected chi connectivity index (χ0v) is 13.7. The summed E-state index contributed by atoms with van der Waals surface area (Å²) in [7, 11) is -2.04. The van der Waals surface area contributed by atoms with Crippen LogP contribution in [0.5, 0.6) is 0 Å². The van der Waals surface area contributed by atoms with Crippen LogP contribution in [0, 0.1) is 0 Å². The maximum atomic E-state index is 12.3. The van der Waals surface area contributed by atoms with Crippen LogP contribution in [0.15, 0.2) is 24.3 Å². The molecule has 1 N–H and O–H groups in total. The summed E-state index contributed by atoms with van der Waals surface area (Å²) in [6, 6.07) is 6.53. The number of sulfonamides is 1. The third kappa shape index (κ3) is 5.10. The highest BCUT2D eigenvalue weighted by Crippen LogP contribution is 2.18. The third-order valence-electron chi connectivity index (χ3n) is 3.93. The van der Waals surface area contributed by atoms with Crippen molar-refractivity contribution in [3.05, 3.63) is 35.4 Å². The van der Waals surface area contributed by atoms with Crippen LogP contribution in [-0.2, 0) is 20.5 Å². The molecule has 6 heteroatoms. The van der Waals surface area contributed by atoms with E-state index < -0.39 is 16.0 Å². The first-order valence-corrected chi connectivity index (χ1v) is 9.32. The van der Waals surface area contributed by atoms with Gasteiger partial charge in [0.25, 0.3) is 0 Å². The van der Waals surface area contributed by atoms with Crippen molar-refractivity contribution in [3.63, 3.8) is 0 Å². The van der Waals surface area contributed by atoms with Gasteiger partial charge in [0, 0.05) is 6.04 Å². The largest absolute Gasteiger partial charge is 0.465 e. The Morgan fingerprint density at radius 2 is 1.73 bits per heavy atom. The Labute approximate surface area is 132 Å². The summed E-state index contributed by atoms with van der Waals surface area (Å²) in [6.07, 6.45) is 6.38. The summed E-state index contributed by atoms with van der Waals surface area (Å²) in [4.78, 5) is 11.4. The highest BCUT2D eigenvalue weighted by molar-refractivity contribution is 7.88. The predicted molar refractivity (Wildman–Crippen MR) is 85.0 cm³/mol. The van der Waals surface area contributed by atoms with E-state index in [1.54, 1.807) is 24.3 Å². The molecular formula is C16H23NO4S. The summed E-state index contributed by atoms with van der Waals surface area (Å²) in [5, 5.41) is 0. The minimum Gasteiger partial charge on any atom is -0.465 e. The standard InChI is InChI=1S/C16H23NO4S/c1-21-16(18)14-10-8-13(9-11-14)12-22(19,20)17-15-6-4-2-3-5-7-15/h8-11,15,17H,2-7,12H2,1H3. The Morgan fingerprint density at radius 1 is 1.14 bits per heavy atom. The minimum absolute atomic E-state index is 0.0573. The van der Waals surface area contributed by atoms with Gasteiger partial charge in [-0.3, -0.25) is 0 Å². The fourth-order valence-corrected chi connectivity index (χ4v) is 4.23. The van der Waals surface area contributed by atoms with Crippen molar-refractivity contribution < 1.29 is 17.9 Å². The zero-order valence-electron chi connectivity index (χ0n) is 12.9. The minimum atomic E-state index is -3.36. The van der Waals surface area contributed by atoms with Crippen molar-refractivity contribution in [2.75, 3.05) is 7.11 Å². The number of esters is 1. The second-order valence-electron chi connectivity index (χ2n) is 5.75. The van der Waals surface area contributed by atoms with E-state index >= 15 is 0 Å². The topological polar surface area (TPSA) is 72.5 Å². The van der Waals surface area contributed by atoms with Crippen LogP contribution in [0.1, 0.15) is 54.4 Å². The Hall–Kier alpha value is -1.40. The molecule has 0 bridgehead atoms. The molecule has 0 aromatic heterocycles. The fraction of sp³-hybridized carbons (Fsp3) is 0.562. The molecular weight excluding hydrogens is 302 g/mol. The van der Waals surface area contributed by atoms with Gasteiger partial charge in [0.2, 0.25) is 10.0 Å². The van der Waals surface area contributed by atoms with Crippen molar-refractivity contribution in [3.8, 4) is 0 Å². The van der Waals surface area contributed by atoms with Crippen LogP contribution in [-0.4, -0.2) is 27.5 Å². The van der Waals surface area contributed by atoms with Gasteiger partial charge in [-0.25, -0.2) is 17.9 Å². The molecule has 0 radical (unpaired) electrons. The maximum Gasteiger partial charge on any atom is 0.337 e. The average molecular weight is 325 g/mol. The van der Waals surface area contributed by atoms with Crippen molar-refractivity contribution in [1.82, 2.24) is 4.72 Å². The first-order chi connectivity index (χ1) is 10.5. The van der Waals surface area contributed by atoms with Gasteiger partial charge >= 0.3 is 5.97 Å². The van der Waals surface area contributed by atoms with E-state index in [1.165, 1.54) is 20.0 Å². The number of benzene rings is 1. The lowest BCUT2D eigenvalue weighted by atomic mass is 10.1. The average Bonchev–Trinajstić information content (AvgIpc) is 2.75. The number of rotatable bonds is 5. The maximum absolute atomic E-state index is 12.3. The summed E-state index contributed by atoms with van der Waals surface area (Å²) in [5.74, 6) is -0.490. The van der Waals surface area contributed by atoms with Crippen LogP contribution < -0.4 is 4.72 Å². The van der Waals surface area contributed by atoms with Gasteiger partial charge in [-0.1, -0.05) is 37.8 Å². The quantitative estimate of drug-likeness (QED) is 0.667. The Morgan fingerprint density at radius 3 is 2.27 bits per heavy atom. The van der Waals surface area contributed by atoms with Gasteiger partial charge in [0.1, 0.15) is 0 Å². The molecule has 1 aromatic carbocycles. The number of hydrogen-bond donors (Lipinski definition) is 1. The molecule has 0 atom stereocenters. The number of carbonyl (C=O) groups excluding carboxylic acids is 1. The van der Waals surface area contributed by atoms with Gasteiger partial charge in [0.15, 0.2) is 0 Å². The fourth-order valence-electron chi connectivity index (χ4n) is 2.77. The SMILES string of the molecule is COC(=O)c1ccc(CS(=O)(=O)NC2CCCCCC2)cc1. The van der Waals surface area contributed by atoms with Crippen molar-refractivity contribution in [2.45, 2.75) is 50.3 Å². The number of carbonyl (C=O) groups is 1. The molecule has 0 unspecified atom stereocenters. The van der Waals surface area contributed by atoms with E-state index in [0.717, 1.165) is 25.7 Å². The van der Waals surface area contributed by atoms with Gasteiger partial charge in [-0.15, -0.1) is 0 Å². The third-order valence-corrected chi connectivity index (χ3v) is 5.34. The van der Waals surface area contributed by atoms with Gasteiger partial charge in [-0.2, -0.15) is 0 Å². The smallest absolute Gasteiger partial charge is 0.337 e. The van der Waals surface area contributed by atoms with Crippen molar-refractivity contribution in [1.29, 1.82) is 0 Å². The molecule has 1 aliphatic rings. The second-order valence-corrected chi connectivity index (χ2v) is 7.51. The van der Waals surface area contributed by atoms with E-state index in [-0.39, 0.29) is 11.8 Å². The Kier molecular flexibility index (Phi) is 5.97. The Bertz CT molecular complexity index is 587. The van der Waals surface area contributed by atoms with Gasteiger partial charge < -0.3 is 4.74 Å². The zero-order chi connectivity index (χ0) is 16.0. The van der Waals surface area contributed by atoms with Crippen LogP contribution in [0.3, 0.4) is 0 Å². The molecule has 0 aliphatic heterocycles. The van der Waals surface area contributed by atoms with Crippen LogP contribution in [0.4, 0.5) is 0 Å². The summed E-state index contributed by atoms with van der Waals surface area (Å²) < 4.78 is 31.9.